The second-order valence-corrected chi connectivity index (χ2v) is 10.8. The lowest BCUT2D eigenvalue weighted by Gasteiger charge is -2.31. The van der Waals surface area contributed by atoms with E-state index in [1.54, 1.807) is 51.1 Å². The van der Waals surface area contributed by atoms with Gasteiger partial charge in [-0.1, -0.05) is 38.1 Å². The molecular formula is C28H37FN4O5. The third-order valence-electron chi connectivity index (χ3n) is 6.34. The van der Waals surface area contributed by atoms with Crippen molar-refractivity contribution in [2.24, 2.45) is 5.92 Å². The summed E-state index contributed by atoms with van der Waals surface area (Å²) in [6.07, 6.45) is 3.05. The Labute approximate surface area is 222 Å². The van der Waals surface area contributed by atoms with E-state index < -0.39 is 35.6 Å². The van der Waals surface area contributed by atoms with Crippen molar-refractivity contribution < 1.29 is 28.6 Å². The minimum Gasteiger partial charge on any atom is -0.444 e. The standard InChI is InChI=1S/C28H37FN4O5/c1-17(2)24(32-27(37)38-28(3,4)5)26(36)33-14-6-7-23(33)25(35)31-22(16-34)19-10-8-18(9-11-19)20-12-13-30-15-21(20)29/h8-13,15,17,22-24,34H,6-7,14,16H2,1-5H3,(H,31,35)(H,32,37)/t22-,23-,24-/m0/s1. The van der Waals surface area contributed by atoms with E-state index >= 15 is 0 Å². The zero-order valence-corrected chi connectivity index (χ0v) is 22.5. The average Bonchev–Trinajstić information content (AvgIpc) is 3.35. The molecule has 3 N–H and O–H groups in total. The molecule has 0 spiro atoms. The van der Waals surface area contributed by atoms with Crippen LogP contribution in [0.4, 0.5) is 9.18 Å². The number of aromatic nitrogens is 1. The predicted molar refractivity (Wildman–Crippen MR) is 140 cm³/mol. The second-order valence-electron chi connectivity index (χ2n) is 10.8. The Morgan fingerprint density at radius 2 is 1.84 bits per heavy atom. The van der Waals surface area contributed by atoms with E-state index in [4.69, 9.17) is 4.74 Å². The number of nitrogens with one attached hydrogen (secondary N) is 2. The van der Waals surface area contributed by atoms with Crippen LogP contribution in [0.15, 0.2) is 42.7 Å². The molecule has 1 saturated heterocycles. The maximum absolute atomic E-state index is 14.1. The number of ether oxygens (including phenoxy) is 1. The van der Waals surface area contributed by atoms with E-state index in [0.29, 0.717) is 36.1 Å². The number of likely N-dealkylation sites (tertiary alicyclic amines) is 1. The Kier molecular flexibility index (Phi) is 9.43. The Balaban J connectivity index is 1.70. The molecule has 1 aromatic carbocycles. The lowest BCUT2D eigenvalue weighted by molar-refractivity contribution is -0.141. The van der Waals surface area contributed by atoms with E-state index in [0.717, 1.165) is 6.20 Å². The van der Waals surface area contributed by atoms with Gasteiger partial charge in [-0.3, -0.25) is 14.6 Å². The van der Waals surface area contributed by atoms with Crippen molar-refractivity contribution >= 4 is 17.9 Å². The molecule has 10 heteroatoms. The summed E-state index contributed by atoms with van der Waals surface area (Å²) >= 11 is 0. The first-order chi connectivity index (χ1) is 17.9. The lowest BCUT2D eigenvalue weighted by atomic mass is 10.0. The van der Waals surface area contributed by atoms with Crippen LogP contribution in [0.1, 0.15) is 59.1 Å². The smallest absolute Gasteiger partial charge is 0.408 e. The number of pyridine rings is 1. The van der Waals surface area contributed by atoms with Crippen molar-refractivity contribution in [3.63, 3.8) is 0 Å². The Hall–Kier alpha value is -3.53. The van der Waals surface area contributed by atoms with E-state index in [2.05, 4.69) is 15.6 Å². The van der Waals surface area contributed by atoms with Crippen LogP contribution in [-0.4, -0.2) is 63.7 Å². The Bertz CT molecular complexity index is 1130. The molecule has 1 fully saturated rings. The van der Waals surface area contributed by atoms with Crippen LogP contribution in [0.25, 0.3) is 11.1 Å². The highest BCUT2D eigenvalue weighted by Crippen LogP contribution is 2.25. The van der Waals surface area contributed by atoms with Gasteiger partial charge in [-0.2, -0.15) is 0 Å². The number of aliphatic hydroxyl groups is 1. The Morgan fingerprint density at radius 1 is 1.16 bits per heavy atom. The number of hydrogen-bond donors (Lipinski definition) is 3. The van der Waals surface area contributed by atoms with Crippen LogP contribution in [-0.2, 0) is 14.3 Å². The Morgan fingerprint density at radius 3 is 2.42 bits per heavy atom. The molecule has 1 aliphatic heterocycles. The highest BCUT2D eigenvalue weighted by Gasteiger charge is 2.39. The molecule has 38 heavy (non-hydrogen) atoms. The summed E-state index contributed by atoms with van der Waals surface area (Å²) in [6, 6.07) is 6.13. The molecule has 0 aliphatic carbocycles. The number of amides is 3. The average molecular weight is 529 g/mol. The monoisotopic (exact) mass is 528 g/mol. The maximum Gasteiger partial charge on any atom is 0.408 e. The minimum atomic E-state index is -0.854. The molecule has 9 nitrogen and oxygen atoms in total. The van der Waals surface area contributed by atoms with E-state index in [-0.39, 0.29) is 24.3 Å². The first-order valence-corrected chi connectivity index (χ1v) is 12.8. The normalized spacial score (nSPS) is 17.2. The number of halogens is 1. The van der Waals surface area contributed by atoms with Crippen molar-refractivity contribution in [1.82, 2.24) is 20.5 Å². The molecule has 0 bridgehead atoms. The molecule has 0 radical (unpaired) electrons. The number of aliphatic hydroxyl groups excluding tert-OH is 1. The van der Waals surface area contributed by atoms with Crippen molar-refractivity contribution in [2.45, 2.75) is 71.2 Å². The van der Waals surface area contributed by atoms with Crippen molar-refractivity contribution in [3.05, 3.63) is 54.1 Å². The summed E-state index contributed by atoms with van der Waals surface area (Å²) in [6.45, 7) is 8.87. The summed E-state index contributed by atoms with van der Waals surface area (Å²) in [7, 11) is 0. The summed E-state index contributed by atoms with van der Waals surface area (Å²) in [4.78, 5) is 44.3. The van der Waals surface area contributed by atoms with Gasteiger partial charge in [0.15, 0.2) is 0 Å². The van der Waals surface area contributed by atoms with Gasteiger partial charge in [0.25, 0.3) is 0 Å². The van der Waals surface area contributed by atoms with Gasteiger partial charge in [0.1, 0.15) is 23.5 Å². The lowest BCUT2D eigenvalue weighted by Crippen LogP contribution is -2.56. The third-order valence-corrected chi connectivity index (χ3v) is 6.34. The van der Waals surface area contributed by atoms with Crippen LogP contribution in [0.2, 0.25) is 0 Å². The summed E-state index contributed by atoms with van der Waals surface area (Å²) in [5.74, 6) is -1.42. The quantitative estimate of drug-likeness (QED) is 0.482. The van der Waals surface area contributed by atoms with Gasteiger partial charge in [0, 0.05) is 18.3 Å². The van der Waals surface area contributed by atoms with Gasteiger partial charge in [-0.05, 0) is 56.7 Å². The van der Waals surface area contributed by atoms with E-state index in [9.17, 15) is 23.9 Å². The fourth-order valence-electron chi connectivity index (χ4n) is 4.44. The number of alkyl carbamates (subject to hydrolysis) is 1. The second kappa shape index (κ2) is 12.3. The van der Waals surface area contributed by atoms with Crippen LogP contribution >= 0.6 is 0 Å². The van der Waals surface area contributed by atoms with Crippen molar-refractivity contribution in [2.75, 3.05) is 13.2 Å². The molecular weight excluding hydrogens is 491 g/mol. The van der Waals surface area contributed by atoms with Gasteiger partial charge < -0.3 is 25.4 Å². The number of benzene rings is 1. The van der Waals surface area contributed by atoms with Crippen LogP contribution in [0.3, 0.4) is 0 Å². The predicted octanol–water partition coefficient (Wildman–Crippen LogP) is 3.58. The van der Waals surface area contributed by atoms with Crippen molar-refractivity contribution in [3.8, 4) is 11.1 Å². The third kappa shape index (κ3) is 7.28. The first kappa shape index (κ1) is 29.0. The first-order valence-electron chi connectivity index (χ1n) is 12.8. The molecule has 3 amide bonds. The summed E-state index contributed by atoms with van der Waals surface area (Å²) in [5.41, 5.74) is 0.966. The molecule has 3 rings (SSSR count). The number of hydrogen-bond acceptors (Lipinski definition) is 6. The van der Waals surface area contributed by atoms with Crippen LogP contribution < -0.4 is 10.6 Å². The maximum atomic E-state index is 14.1. The van der Waals surface area contributed by atoms with Crippen LogP contribution in [0, 0.1) is 11.7 Å². The zero-order valence-electron chi connectivity index (χ0n) is 22.5. The van der Waals surface area contributed by atoms with Gasteiger partial charge in [0.2, 0.25) is 11.8 Å². The summed E-state index contributed by atoms with van der Waals surface area (Å²) < 4.78 is 19.4. The fraction of sp³-hybridized carbons (Fsp3) is 0.500. The van der Waals surface area contributed by atoms with Crippen molar-refractivity contribution in [1.29, 1.82) is 0 Å². The van der Waals surface area contributed by atoms with Crippen LogP contribution in [0.5, 0.6) is 0 Å². The number of carbonyl (C=O) groups excluding carboxylic acids is 3. The largest absolute Gasteiger partial charge is 0.444 e. The summed E-state index contributed by atoms with van der Waals surface area (Å²) in [5, 5.41) is 15.5. The molecule has 0 unspecified atom stereocenters. The van der Waals surface area contributed by atoms with E-state index in [1.165, 1.54) is 11.1 Å². The number of rotatable bonds is 8. The minimum absolute atomic E-state index is 0.228. The molecule has 1 aromatic heterocycles. The topological polar surface area (TPSA) is 121 Å². The highest BCUT2D eigenvalue weighted by atomic mass is 19.1. The van der Waals surface area contributed by atoms with E-state index in [1.807, 2.05) is 13.8 Å². The molecule has 1 aliphatic rings. The van der Waals surface area contributed by atoms with Gasteiger partial charge in [-0.15, -0.1) is 0 Å². The zero-order chi connectivity index (χ0) is 28.0. The molecule has 2 heterocycles. The SMILES string of the molecule is CC(C)[C@H](NC(=O)OC(C)(C)C)C(=O)N1CCC[C@H]1C(=O)N[C@@H](CO)c1ccc(-c2ccncc2F)cc1. The number of nitrogens with zero attached hydrogens (tertiary/aromatic N) is 2. The van der Waals surface area contributed by atoms with Gasteiger partial charge in [-0.25, -0.2) is 9.18 Å². The molecule has 206 valence electrons. The molecule has 2 aromatic rings. The van der Waals surface area contributed by atoms with Gasteiger partial charge >= 0.3 is 6.09 Å². The highest BCUT2D eigenvalue weighted by molar-refractivity contribution is 5.92. The number of carbonyl (C=O) groups is 3. The fourth-order valence-corrected chi connectivity index (χ4v) is 4.44. The molecule has 0 saturated carbocycles. The van der Waals surface area contributed by atoms with Gasteiger partial charge in [0.05, 0.1) is 18.8 Å². The molecule has 3 atom stereocenters.